The zero-order valence-corrected chi connectivity index (χ0v) is 40.5. The minimum atomic E-state index is -4.61. The van der Waals surface area contributed by atoms with Crippen molar-refractivity contribution < 1.29 is 56.8 Å². The second-order valence-electron chi connectivity index (χ2n) is 17.9. The molecule has 0 amide bonds. The first-order valence-corrected chi connectivity index (χ1v) is 27.0. The number of aliphatic hydroxyl groups is 3. The first kappa shape index (κ1) is 59.1. The second-order valence-corrected chi connectivity index (χ2v) is 19.4. The molecule has 0 aromatic rings. The Morgan fingerprint density at radius 1 is 0.571 bits per heavy atom. The van der Waals surface area contributed by atoms with Crippen molar-refractivity contribution in [2.24, 2.45) is 0 Å². The molecule has 0 aliphatic carbocycles. The summed E-state index contributed by atoms with van der Waals surface area (Å²) >= 11 is 0. The minimum Gasteiger partial charge on any atom is -0.458 e. The molecule has 1 aliphatic heterocycles. The van der Waals surface area contributed by atoms with Crippen molar-refractivity contribution >= 4 is 22.1 Å². The maximum Gasteiger partial charge on any atom is 0.330 e. The molecule has 1 fully saturated rings. The molecule has 6 atom stereocenters. The fourth-order valence-corrected chi connectivity index (χ4v) is 8.64. The number of aliphatic hydroxyl groups excluding tert-OH is 3. The summed E-state index contributed by atoms with van der Waals surface area (Å²) in [6.45, 7) is 3.69. The molecule has 1 rings (SSSR count). The zero-order chi connectivity index (χ0) is 46.2. The number of hydrogen-bond donors (Lipinski definition) is 4. The number of carbonyl (C=O) groups is 2. The lowest BCUT2D eigenvalue weighted by Crippen LogP contribution is -2.60. The molecule has 13 heteroatoms. The van der Waals surface area contributed by atoms with Gasteiger partial charge in [-0.3, -0.25) is 9.35 Å². The molecular formula is C50H92O12S. The minimum absolute atomic E-state index is 0.150. The van der Waals surface area contributed by atoms with Crippen LogP contribution in [0, 0.1) is 0 Å². The molecule has 0 aromatic carbocycles. The van der Waals surface area contributed by atoms with E-state index in [9.17, 15) is 37.9 Å². The number of carbonyl (C=O) groups excluding carboxylic acids is 2. The van der Waals surface area contributed by atoms with Gasteiger partial charge < -0.3 is 34.3 Å². The van der Waals surface area contributed by atoms with Gasteiger partial charge in [-0.1, -0.05) is 218 Å². The summed E-state index contributed by atoms with van der Waals surface area (Å²) < 4.78 is 54.0. The summed E-state index contributed by atoms with van der Waals surface area (Å²) in [5.74, 6) is -2.23. The van der Waals surface area contributed by atoms with Crippen molar-refractivity contribution in [1.82, 2.24) is 0 Å². The number of hydrogen-bond acceptors (Lipinski definition) is 11. The van der Waals surface area contributed by atoms with Crippen LogP contribution >= 0.6 is 0 Å². The highest BCUT2D eigenvalue weighted by Crippen LogP contribution is 2.24. The lowest BCUT2D eigenvalue weighted by atomic mass is 10.00. The number of rotatable bonds is 43. The Labute approximate surface area is 383 Å². The lowest BCUT2D eigenvalue weighted by Gasteiger charge is -2.40. The fraction of sp³-hybridized carbons (Fsp3) is 0.880. The van der Waals surface area contributed by atoms with Gasteiger partial charge in [0, 0.05) is 12.5 Å². The van der Waals surface area contributed by atoms with E-state index in [1.54, 1.807) is 12.2 Å². The highest BCUT2D eigenvalue weighted by atomic mass is 32.2. The monoisotopic (exact) mass is 917 g/mol. The van der Waals surface area contributed by atoms with E-state index in [1.807, 2.05) is 6.08 Å². The Morgan fingerprint density at radius 2 is 1.00 bits per heavy atom. The van der Waals surface area contributed by atoms with Gasteiger partial charge in [-0.2, -0.15) is 8.42 Å². The standard InChI is InChI=1S/C50H92O12S/c1-3-5-7-9-11-13-15-17-19-20-21-22-23-25-27-29-31-33-35-37-39-46(52)61-43(41-60-50-49(55)48(54)47(53)44(62-50)42-63(56,57)58)40-59-45(51)38-36-34-32-30-28-26-24-18-16-14-12-10-8-6-4-2/h32,34,36,38,43-44,47-50,53-55H,3-31,33,35,37,39-42H2,1-2H3,(H,56,57,58)/b34-32+,38-36+/t43-,44-,47-,48?,49?,50+/m1/s1. The third-order valence-corrected chi connectivity index (χ3v) is 12.6. The van der Waals surface area contributed by atoms with E-state index in [1.165, 1.54) is 173 Å². The van der Waals surface area contributed by atoms with Crippen molar-refractivity contribution in [2.75, 3.05) is 19.0 Å². The molecule has 0 aromatic heterocycles. The van der Waals surface area contributed by atoms with E-state index < -0.39 is 71.2 Å². The average molecular weight is 917 g/mol. The molecule has 2 unspecified atom stereocenters. The van der Waals surface area contributed by atoms with E-state index in [0.29, 0.717) is 6.42 Å². The Bertz CT molecular complexity index is 1260. The summed E-state index contributed by atoms with van der Waals surface area (Å²) in [7, 11) is -4.61. The van der Waals surface area contributed by atoms with E-state index in [0.717, 1.165) is 32.1 Å². The Morgan fingerprint density at radius 3 is 1.44 bits per heavy atom. The van der Waals surface area contributed by atoms with Gasteiger partial charge in [-0.25, -0.2) is 4.79 Å². The molecule has 0 spiro atoms. The highest BCUT2D eigenvalue weighted by Gasteiger charge is 2.46. The van der Waals surface area contributed by atoms with Crippen molar-refractivity contribution in [1.29, 1.82) is 0 Å². The molecule has 0 radical (unpaired) electrons. The number of unbranched alkanes of at least 4 members (excludes halogenated alkanes) is 30. The van der Waals surface area contributed by atoms with Crippen LogP contribution in [0.3, 0.4) is 0 Å². The molecule has 1 aliphatic rings. The third-order valence-electron chi connectivity index (χ3n) is 11.9. The SMILES string of the molecule is CCCCCCCCCCCCC/C=C/C=C/C(=O)OC[C@H](CO[C@H]1O[C@H](CS(=O)(=O)O)[C@@H](O)C(O)C1O)OC(=O)CCCCCCCCCCCCCCCCCCCCCC. The predicted octanol–water partition coefficient (Wildman–Crippen LogP) is 11.2. The molecule has 0 bridgehead atoms. The van der Waals surface area contributed by atoms with Crippen LogP contribution in [-0.2, 0) is 38.7 Å². The molecule has 1 heterocycles. The zero-order valence-electron chi connectivity index (χ0n) is 39.7. The Balaban J connectivity index is 2.40. The fourth-order valence-electron chi connectivity index (χ4n) is 7.95. The molecule has 1 saturated heterocycles. The van der Waals surface area contributed by atoms with Gasteiger partial charge >= 0.3 is 11.9 Å². The van der Waals surface area contributed by atoms with Gasteiger partial charge in [0.15, 0.2) is 12.4 Å². The Kier molecular flexibility index (Phi) is 37.9. The van der Waals surface area contributed by atoms with Crippen LogP contribution in [0.4, 0.5) is 0 Å². The van der Waals surface area contributed by atoms with E-state index in [2.05, 4.69) is 13.8 Å². The van der Waals surface area contributed by atoms with Gasteiger partial charge in [-0.05, 0) is 19.3 Å². The maximum absolute atomic E-state index is 12.8. The summed E-state index contributed by atoms with van der Waals surface area (Å²) in [4.78, 5) is 25.4. The predicted molar refractivity (Wildman–Crippen MR) is 252 cm³/mol. The van der Waals surface area contributed by atoms with E-state index >= 15 is 0 Å². The first-order chi connectivity index (χ1) is 30.5. The third kappa shape index (κ3) is 35.1. The molecule has 12 nitrogen and oxygen atoms in total. The molecule has 4 N–H and O–H groups in total. The first-order valence-electron chi connectivity index (χ1n) is 25.4. The van der Waals surface area contributed by atoms with Crippen molar-refractivity contribution in [2.45, 2.75) is 263 Å². The summed E-state index contributed by atoms with van der Waals surface area (Å²) in [6, 6.07) is 0. The van der Waals surface area contributed by atoms with Crippen molar-refractivity contribution in [3.05, 3.63) is 24.3 Å². The van der Waals surface area contributed by atoms with Crippen molar-refractivity contribution in [3.8, 4) is 0 Å². The smallest absolute Gasteiger partial charge is 0.330 e. The second kappa shape index (κ2) is 40.4. The normalized spacial score (nSPS) is 19.9. The van der Waals surface area contributed by atoms with Gasteiger partial charge in [0.1, 0.15) is 36.8 Å². The van der Waals surface area contributed by atoms with E-state index in [4.69, 9.17) is 18.9 Å². The van der Waals surface area contributed by atoms with Gasteiger partial charge in [-0.15, -0.1) is 0 Å². The largest absolute Gasteiger partial charge is 0.458 e. The molecule has 370 valence electrons. The average Bonchev–Trinajstić information content (AvgIpc) is 3.25. The van der Waals surface area contributed by atoms with Crippen LogP contribution in [0.2, 0.25) is 0 Å². The van der Waals surface area contributed by atoms with Gasteiger partial charge in [0.05, 0.1) is 6.61 Å². The number of ether oxygens (including phenoxy) is 4. The highest BCUT2D eigenvalue weighted by molar-refractivity contribution is 7.85. The van der Waals surface area contributed by atoms with E-state index in [-0.39, 0.29) is 13.0 Å². The van der Waals surface area contributed by atoms with Crippen LogP contribution in [0.5, 0.6) is 0 Å². The van der Waals surface area contributed by atoms with Crippen LogP contribution in [0.15, 0.2) is 24.3 Å². The van der Waals surface area contributed by atoms with Crippen LogP contribution in [-0.4, -0.2) is 96.0 Å². The van der Waals surface area contributed by atoms with Crippen LogP contribution < -0.4 is 0 Å². The van der Waals surface area contributed by atoms with Crippen LogP contribution in [0.25, 0.3) is 0 Å². The van der Waals surface area contributed by atoms with Gasteiger partial charge in [0.25, 0.3) is 10.1 Å². The molecule has 0 saturated carbocycles. The quantitative estimate of drug-likeness (QED) is 0.0149. The maximum atomic E-state index is 12.8. The van der Waals surface area contributed by atoms with Crippen LogP contribution in [0.1, 0.15) is 226 Å². The number of esters is 2. The van der Waals surface area contributed by atoms with Crippen molar-refractivity contribution in [3.63, 3.8) is 0 Å². The number of allylic oxidation sites excluding steroid dienone is 3. The Hall–Kier alpha value is -1.87. The molecule has 63 heavy (non-hydrogen) atoms. The summed E-state index contributed by atoms with van der Waals surface area (Å²) in [6.07, 6.45) is 37.1. The summed E-state index contributed by atoms with van der Waals surface area (Å²) in [5.41, 5.74) is 0. The topological polar surface area (TPSA) is 186 Å². The van der Waals surface area contributed by atoms with Gasteiger partial charge in [0.2, 0.25) is 0 Å². The lowest BCUT2D eigenvalue weighted by molar-refractivity contribution is -0.297. The molecular weight excluding hydrogens is 825 g/mol. The summed E-state index contributed by atoms with van der Waals surface area (Å²) in [5, 5.41) is 30.9.